The van der Waals surface area contributed by atoms with Crippen molar-refractivity contribution in [3.05, 3.63) is 57.8 Å². The van der Waals surface area contributed by atoms with Crippen LogP contribution in [0.4, 0.5) is 4.79 Å². The van der Waals surface area contributed by atoms with Gasteiger partial charge in [0.1, 0.15) is 6.54 Å². The summed E-state index contributed by atoms with van der Waals surface area (Å²) in [6, 6.07) is 14.0. The number of thiophene rings is 1. The van der Waals surface area contributed by atoms with Crippen LogP contribution in [0.15, 0.2) is 42.5 Å². The SMILES string of the molecule is CCCCN(CC(=O)N(Cc1ccccc1)Cc1ccc(C)s1)C(=O)NCC. The number of aryl methyl sites for hydroxylation is 1. The second-order valence-corrected chi connectivity index (χ2v) is 8.23. The predicted octanol–water partition coefficient (Wildman–Crippen LogP) is 4.42. The molecule has 0 bridgehead atoms. The number of benzene rings is 1. The standard InChI is InChI=1S/C22H31N3O2S/c1-4-6-14-24(22(27)23-5-2)17-21(26)25(15-19-10-8-7-9-11-19)16-20-13-12-18(3)28-20/h7-13H,4-6,14-17H2,1-3H3,(H,23,27). The number of nitrogens with zero attached hydrogens (tertiary/aromatic N) is 2. The van der Waals surface area contributed by atoms with Gasteiger partial charge in [0.2, 0.25) is 5.91 Å². The lowest BCUT2D eigenvalue weighted by molar-refractivity contribution is -0.133. The van der Waals surface area contributed by atoms with E-state index in [4.69, 9.17) is 0 Å². The number of carbonyl (C=O) groups excluding carboxylic acids is 2. The van der Waals surface area contributed by atoms with E-state index in [0.717, 1.165) is 23.3 Å². The van der Waals surface area contributed by atoms with E-state index in [1.807, 2.05) is 42.2 Å². The van der Waals surface area contributed by atoms with Gasteiger partial charge in [-0.25, -0.2) is 4.79 Å². The lowest BCUT2D eigenvalue weighted by atomic mass is 10.2. The highest BCUT2D eigenvalue weighted by Gasteiger charge is 2.21. The number of unbranched alkanes of at least 4 members (excludes halogenated alkanes) is 1. The van der Waals surface area contributed by atoms with Crippen molar-refractivity contribution >= 4 is 23.3 Å². The molecule has 0 fully saturated rings. The minimum absolute atomic E-state index is 0.0303. The van der Waals surface area contributed by atoms with Gasteiger partial charge in [0.05, 0.1) is 6.54 Å². The normalized spacial score (nSPS) is 10.5. The van der Waals surface area contributed by atoms with Crippen molar-refractivity contribution in [1.82, 2.24) is 15.1 Å². The van der Waals surface area contributed by atoms with Crippen LogP contribution in [-0.2, 0) is 17.9 Å². The van der Waals surface area contributed by atoms with E-state index in [-0.39, 0.29) is 18.5 Å². The molecule has 152 valence electrons. The van der Waals surface area contributed by atoms with Crippen molar-refractivity contribution in [2.75, 3.05) is 19.6 Å². The second-order valence-electron chi connectivity index (χ2n) is 6.86. The molecule has 6 heteroatoms. The first-order chi connectivity index (χ1) is 13.5. The van der Waals surface area contributed by atoms with E-state index in [1.165, 1.54) is 4.88 Å². The fraction of sp³-hybridized carbons (Fsp3) is 0.455. The van der Waals surface area contributed by atoms with Crippen LogP contribution in [0.3, 0.4) is 0 Å². The lowest BCUT2D eigenvalue weighted by Gasteiger charge is -2.27. The molecule has 28 heavy (non-hydrogen) atoms. The highest BCUT2D eigenvalue weighted by molar-refractivity contribution is 7.11. The summed E-state index contributed by atoms with van der Waals surface area (Å²) in [5.41, 5.74) is 1.09. The first-order valence-electron chi connectivity index (χ1n) is 9.93. The topological polar surface area (TPSA) is 52.7 Å². The largest absolute Gasteiger partial charge is 0.338 e. The maximum atomic E-state index is 13.1. The Morgan fingerprint density at radius 3 is 2.36 bits per heavy atom. The van der Waals surface area contributed by atoms with Crippen LogP contribution in [0.2, 0.25) is 0 Å². The Labute approximate surface area is 172 Å². The highest BCUT2D eigenvalue weighted by atomic mass is 32.1. The van der Waals surface area contributed by atoms with Crippen LogP contribution in [-0.4, -0.2) is 41.4 Å². The molecule has 3 amide bonds. The summed E-state index contributed by atoms with van der Waals surface area (Å²) in [6.45, 7) is 8.37. The van der Waals surface area contributed by atoms with Crippen LogP contribution in [0.25, 0.3) is 0 Å². The quantitative estimate of drug-likeness (QED) is 0.641. The van der Waals surface area contributed by atoms with E-state index in [9.17, 15) is 9.59 Å². The summed E-state index contributed by atoms with van der Waals surface area (Å²) in [5.74, 6) is -0.0303. The zero-order valence-electron chi connectivity index (χ0n) is 17.1. The molecule has 2 rings (SSSR count). The van der Waals surface area contributed by atoms with Crippen molar-refractivity contribution in [2.45, 2.75) is 46.7 Å². The van der Waals surface area contributed by atoms with Gasteiger partial charge in [0, 0.05) is 29.4 Å². The monoisotopic (exact) mass is 401 g/mol. The third-order valence-electron chi connectivity index (χ3n) is 4.43. The van der Waals surface area contributed by atoms with E-state index in [1.54, 1.807) is 16.2 Å². The van der Waals surface area contributed by atoms with Gasteiger partial charge in [-0.05, 0) is 38.0 Å². The number of rotatable bonds is 10. The fourth-order valence-electron chi connectivity index (χ4n) is 2.92. The molecule has 1 heterocycles. The summed E-state index contributed by atoms with van der Waals surface area (Å²) in [7, 11) is 0. The molecule has 0 saturated carbocycles. The van der Waals surface area contributed by atoms with Gasteiger partial charge in [-0.1, -0.05) is 43.7 Å². The summed E-state index contributed by atoms with van der Waals surface area (Å²) >= 11 is 1.70. The van der Waals surface area contributed by atoms with Gasteiger partial charge in [-0.2, -0.15) is 0 Å². The minimum Gasteiger partial charge on any atom is -0.338 e. The lowest BCUT2D eigenvalue weighted by Crippen LogP contribution is -2.46. The van der Waals surface area contributed by atoms with E-state index in [2.05, 4.69) is 31.3 Å². The van der Waals surface area contributed by atoms with Crippen molar-refractivity contribution in [1.29, 1.82) is 0 Å². The van der Waals surface area contributed by atoms with Crippen LogP contribution in [0, 0.1) is 6.92 Å². The molecule has 0 aliphatic rings. The third kappa shape index (κ3) is 7.00. The number of nitrogens with one attached hydrogen (secondary N) is 1. The summed E-state index contributed by atoms with van der Waals surface area (Å²) < 4.78 is 0. The number of carbonyl (C=O) groups is 2. The Hall–Kier alpha value is -2.34. The number of urea groups is 1. The molecule has 5 nitrogen and oxygen atoms in total. The number of hydrogen-bond donors (Lipinski definition) is 1. The van der Waals surface area contributed by atoms with Crippen LogP contribution in [0.1, 0.15) is 42.0 Å². The zero-order valence-corrected chi connectivity index (χ0v) is 17.9. The van der Waals surface area contributed by atoms with Crippen molar-refractivity contribution < 1.29 is 9.59 Å². The molecule has 0 aliphatic carbocycles. The van der Waals surface area contributed by atoms with E-state index < -0.39 is 0 Å². The van der Waals surface area contributed by atoms with Crippen LogP contribution < -0.4 is 5.32 Å². The molecule has 0 spiro atoms. The van der Waals surface area contributed by atoms with Crippen molar-refractivity contribution in [2.24, 2.45) is 0 Å². The minimum atomic E-state index is -0.170. The predicted molar refractivity (Wildman–Crippen MR) is 115 cm³/mol. The molecule has 1 aromatic carbocycles. The average Bonchev–Trinajstić information content (AvgIpc) is 3.10. The van der Waals surface area contributed by atoms with Crippen LogP contribution in [0.5, 0.6) is 0 Å². The molecule has 0 aliphatic heterocycles. The Bertz CT molecular complexity index is 745. The van der Waals surface area contributed by atoms with E-state index in [0.29, 0.717) is 26.2 Å². The van der Waals surface area contributed by atoms with E-state index >= 15 is 0 Å². The van der Waals surface area contributed by atoms with Crippen LogP contribution >= 0.6 is 11.3 Å². The average molecular weight is 402 g/mol. The molecule has 0 saturated heterocycles. The van der Waals surface area contributed by atoms with Gasteiger partial charge < -0.3 is 15.1 Å². The molecule has 0 atom stereocenters. The molecule has 0 unspecified atom stereocenters. The molecular weight excluding hydrogens is 370 g/mol. The first-order valence-corrected chi connectivity index (χ1v) is 10.7. The zero-order chi connectivity index (χ0) is 20.4. The maximum absolute atomic E-state index is 13.1. The van der Waals surface area contributed by atoms with Crippen molar-refractivity contribution in [3.63, 3.8) is 0 Å². The second kappa shape index (κ2) is 11.5. The molecule has 0 radical (unpaired) electrons. The summed E-state index contributed by atoms with van der Waals surface area (Å²) in [5, 5.41) is 2.82. The Kier molecular flexibility index (Phi) is 9.01. The molecule has 1 aromatic heterocycles. The molecule has 1 N–H and O–H groups in total. The fourth-order valence-corrected chi connectivity index (χ4v) is 3.83. The Morgan fingerprint density at radius 2 is 1.75 bits per heavy atom. The van der Waals surface area contributed by atoms with Crippen molar-refractivity contribution in [3.8, 4) is 0 Å². The Balaban J connectivity index is 2.14. The molecular formula is C22H31N3O2S. The molecule has 2 aromatic rings. The highest BCUT2D eigenvalue weighted by Crippen LogP contribution is 2.19. The summed E-state index contributed by atoms with van der Waals surface area (Å²) in [6.07, 6.45) is 1.86. The number of amides is 3. The van der Waals surface area contributed by atoms with Gasteiger partial charge in [-0.15, -0.1) is 11.3 Å². The van der Waals surface area contributed by atoms with Gasteiger partial charge in [0.15, 0.2) is 0 Å². The maximum Gasteiger partial charge on any atom is 0.317 e. The Morgan fingerprint density at radius 1 is 1.00 bits per heavy atom. The third-order valence-corrected chi connectivity index (χ3v) is 5.42. The first kappa shape index (κ1) is 22.0. The van der Waals surface area contributed by atoms with Gasteiger partial charge in [0.25, 0.3) is 0 Å². The van der Waals surface area contributed by atoms with Gasteiger partial charge >= 0.3 is 6.03 Å². The van der Waals surface area contributed by atoms with Gasteiger partial charge in [-0.3, -0.25) is 4.79 Å². The number of hydrogen-bond acceptors (Lipinski definition) is 3. The smallest absolute Gasteiger partial charge is 0.317 e. The summed E-state index contributed by atoms with van der Waals surface area (Å²) in [4.78, 5) is 31.4.